The van der Waals surface area contributed by atoms with Gasteiger partial charge in [-0.15, -0.1) is 0 Å². The van der Waals surface area contributed by atoms with E-state index in [1.54, 1.807) is 0 Å². The molecule has 4 heteroatoms. The Labute approximate surface area is 137 Å². The van der Waals surface area contributed by atoms with Crippen molar-refractivity contribution in [3.8, 4) is 5.75 Å². The van der Waals surface area contributed by atoms with E-state index < -0.39 is 10.0 Å². The van der Waals surface area contributed by atoms with Crippen LogP contribution in [0.1, 0.15) is 25.8 Å². The zero-order valence-electron chi connectivity index (χ0n) is 13.8. The second-order valence-electron chi connectivity index (χ2n) is 5.74. The molecule has 0 saturated carbocycles. The molecular weight excluding hydrogens is 300 g/mol. The van der Waals surface area contributed by atoms with E-state index in [1.807, 2.05) is 12.1 Å². The Morgan fingerprint density at radius 3 is 2.33 bits per heavy atom. The van der Waals surface area contributed by atoms with Crippen LogP contribution in [-0.2, 0) is 11.2 Å². The minimum absolute atomic E-state index is 0.493. The van der Waals surface area contributed by atoms with E-state index in [1.165, 1.54) is 11.3 Å². The number of ether oxygens (including phenoxy) is 2. The van der Waals surface area contributed by atoms with E-state index in [2.05, 4.69) is 51.1 Å². The fourth-order valence-electron chi connectivity index (χ4n) is 1.85. The summed E-state index contributed by atoms with van der Waals surface area (Å²) in [4.78, 5) is 0. The summed E-state index contributed by atoms with van der Waals surface area (Å²) in [6.45, 7) is 6.43. The third-order valence-corrected chi connectivity index (χ3v) is 8.61. The van der Waals surface area contributed by atoms with Gasteiger partial charge in [0.15, 0.2) is 0 Å². The number of aryl methyl sites for hydroxylation is 1. The monoisotopic (exact) mass is 330 g/mol. The molecule has 1 unspecified atom stereocenters. The van der Waals surface area contributed by atoms with Crippen molar-refractivity contribution in [1.29, 1.82) is 0 Å². The first-order valence-corrected chi connectivity index (χ1v) is 10.8. The van der Waals surface area contributed by atoms with E-state index in [-0.39, 0.29) is 0 Å². The lowest BCUT2D eigenvalue weighted by Gasteiger charge is -2.35. The number of thiol groups is 1. The van der Waals surface area contributed by atoms with E-state index in [0.29, 0.717) is 17.8 Å². The molecule has 0 aliphatic heterocycles. The van der Waals surface area contributed by atoms with Crippen LogP contribution >= 0.6 is 22.7 Å². The SMILES string of the molecule is CCc1ccc(OCCOCCCS(C)(C)C(C)S)cc1. The van der Waals surface area contributed by atoms with Crippen LogP contribution in [0, 0.1) is 0 Å². The van der Waals surface area contributed by atoms with Crippen molar-refractivity contribution in [2.45, 2.75) is 31.3 Å². The quantitative estimate of drug-likeness (QED) is 0.507. The molecule has 0 fully saturated rings. The summed E-state index contributed by atoms with van der Waals surface area (Å²) < 4.78 is 11.8. The minimum Gasteiger partial charge on any atom is -0.491 e. The molecule has 0 spiro atoms. The lowest BCUT2D eigenvalue weighted by molar-refractivity contribution is 0.101. The molecule has 1 aromatic rings. The van der Waals surface area contributed by atoms with Crippen molar-refractivity contribution < 1.29 is 9.47 Å². The van der Waals surface area contributed by atoms with Gasteiger partial charge in [0.2, 0.25) is 0 Å². The Morgan fingerprint density at radius 2 is 1.76 bits per heavy atom. The van der Waals surface area contributed by atoms with Crippen molar-refractivity contribution in [3.63, 3.8) is 0 Å². The lowest BCUT2D eigenvalue weighted by Crippen LogP contribution is -2.13. The standard InChI is InChI=1S/C17H30O2S2/c1-5-16-7-9-17(10-8-16)19-13-12-18-11-6-14-21(3,4)15(2)20/h7-10,15,20H,5-6,11-14H2,1-4H3. The van der Waals surface area contributed by atoms with Crippen LogP contribution in [0.5, 0.6) is 5.75 Å². The van der Waals surface area contributed by atoms with Gasteiger partial charge in [-0.25, -0.2) is 10.0 Å². The number of hydrogen-bond donors (Lipinski definition) is 1. The maximum Gasteiger partial charge on any atom is 0.119 e. The molecule has 1 atom stereocenters. The molecular formula is C17H30O2S2. The maximum absolute atomic E-state index is 5.66. The van der Waals surface area contributed by atoms with Crippen molar-refractivity contribution in [3.05, 3.63) is 29.8 Å². The van der Waals surface area contributed by atoms with Gasteiger partial charge in [0.25, 0.3) is 0 Å². The zero-order valence-corrected chi connectivity index (χ0v) is 15.5. The molecule has 0 radical (unpaired) electrons. The summed E-state index contributed by atoms with van der Waals surface area (Å²) in [5.41, 5.74) is 1.34. The third-order valence-electron chi connectivity index (χ3n) is 3.71. The topological polar surface area (TPSA) is 18.5 Å². The molecule has 0 aliphatic rings. The number of benzene rings is 1. The highest BCUT2D eigenvalue weighted by Crippen LogP contribution is 2.47. The molecule has 0 N–H and O–H groups in total. The molecule has 0 amide bonds. The van der Waals surface area contributed by atoms with Crippen LogP contribution in [0.15, 0.2) is 24.3 Å². The van der Waals surface area contributed by atoms with E-state index in [4.69, 9.17) is 9.47 Å². The first-order valence-electron chi connectivity index (χ1n) is 7.63. The third kappa shape index (κ3) is 7.48. The minimum atomic E-state index is -0.588. The van der Waals surface area contributed by atoms with Gasteiger partial charge in [-0.05, 0) is 55.7 Å². The Morgan fingerprint density at radius 1 is 1.10 bits per heavy atom. The van der Waals surface area contributed by atoms with E-state index in [0.717, 1.165) is 25.2 Å². The van der Waals surface area contributed by atoms with Crippen molar-refractivity contribution in [2.75, 3.05) is 38.1 Å². The summed E-state index contributed by atoms with van der Waals surface area (Å²) >= 11 is 4.57. The van der Waals surface area contributed by atoms with Gasteiger partial charge < -0.3 is 9.47 Å². The summed E-state index contributed by atoms with van der Waals surface area (Å²) in [6, 6.07) is 8.27. The average Bonchev–Trinajstić information content (AvgIpc) is 2.46. The molecule has 2 nitrogen and oxygen atoms in total. The second-order valence-corrected chi connectivity index (χ2v) is 11.2. The first kappa shape index (κ1) is 18.7. The fourth-order valence-corrected chi connectivity index (χ4v) is 3.36. The van der Waals surface area contributed by atoms with Crippen LogP contribution < -0.4 is 4.74 Å². The summed E-state index contributed by atoms with van der Waals surface area (Å²) in [5, 5.41) is 0. The molecule has 0 heterocycles. The van der Waals surface area contributed by atoms with Gasteiger partial charge >= 0.3 is 0 Å². The Hall–Kier alpha value is -0.320. The van der Waals surface area contributed by atoms with Gasteiger partial charge in [0.1, 0.15) is 12.4 Å². The first-order chi connectivity index (χ1) is 9.95. The predicted molar refractivity (Wildman–Crippen MR) is 99.5 cm³/mol. The predicted octanol–water partition coefficient (Wildman–Crippen LogP) is 4.37. The van der Waals surface area contributed by atoms with Crippen LogP contribution in [-0.4, -0.2) is 42.7 Å². The van der Waals surface area contributed by atoms with Gasteiger partial charge in [0, 0.05) is 11.2 Å². The van der Waals surface area contributed by atoms with Crippen LogP contribution in [0.3, 0.4) is 0 Å². The number of hydrogen-bond acceptors (Lipinski definition) is 3. The molecule has 0 saturated heterocycles. The molecule has 21 heavy (non-hydrogen) atoms. The summed E-state index contributed by atoms with van der Waals surface area (Å²) in [5.74, 6) is 2.14. The van der Waals surface area contributed by atoms with Gasteiger partial charge in [0.05, 0.1) is 6.61 Å². The van der Waals surface area contributed by atoms with E-state index in [9.17, 15) is 0 Å². The van der Waals surface area contributed by atoms with Crippen molar-refractivity contribution in [2.24, 2.45) is 0 Å². The lowest BCUT2D eigenvalue weighted by atomic mass is 10.2. The summed E-state index contributed by atoms with van der Waals surface area (Å²) in [6.07, 6.45) is 6.85. The Balaban J connectivity index is 2.07. The highest BCUT2D eigenvalue weighted by molar-refractivity contribution is 8.37. The highest BCUT2D eigenvalue weighted by atomic mass is 32.3. The van der Waals surface area contributed by atoms with Crippen LogP contribution in [0.4, 0.5) is 0 Å². The highest BCUT2D eigenvalue weighted by Gasteiger charge is 2.16. The Bertz CT molecular complexity index is 388. The van der Waals surface area contributed by atoms with Crippen molar-refractivity contribution >= 4 is 22.7 Å². The molecule has 0 bridgehead atoms. The maximum atomic E-state index is 5.66. The summed E-state index contributed by atoms with van der Waals surface area (Å²) in [7, 11) is -0.588. The van der Waals surface area contributed by atoms with Crippen molar-refractivity contribution in [1.82, 2.24) is 0 Å². The van der Waals surface area contributed by atoms with Gasteiger partial charge in [-0.1, -0.05) is 19.1 Å². The van der Waals surface area contributed by atoms with E-state index >= 15 is 0 Å². The number of rotatable bonds is 10. The molecule has 0 aliphatic carbocycles. The van der Waals surface area contributed by atoms with Gasteiger partial charge in [-0.3, -0.25) is 0 Å². The molecule has 0 aromatic heterocycles. The second kappa shape index (κ2) is 9.65. The average molecular weight is 331 g/mol. The smallest absolute Gasteiger partial charge is 0.119 e. The molecule has 1 aromatic carbocycles. The molecule has 1 rings (SSSR count). The van der Waals surface area contributed by atoms with Crippen LogP contribution in [0.25, 0.3) is 0 Å². The van der Waals surface area contributed by atoms with Gasteiger partial charge in [-0.2, -0.15) is 12.6 Å². The zero-order chi connectivity index (χ0) is 15.7. The fraction of sp³-hybridized carbons (Fsp3) is 0.647. The largest absolute Gasteiger partial charge is 0.491 e. The Kier molecular flexibility index (Phi) is 8.60. The molecule has 122 valence electrons. The van der Waals surface area contributed by atoms with Crippen LogP contribution in [0.2, 0.25) is 0 Å². The normalized spacial score (nSPS) is 14.0.